The average Bonchev–Trinajstić information content (AvgIpc) is 2.65. The van der Waals surface area contributed by atoms with Gasteiger partial charge in [0.2, 0.25) is 5.91 Å². The van der Waals surface area contributed by atoms with Gasteiger partial charge < -0.3 is 20.5 Å². The third kappa shape index (κ3) is 4.55. The van der Waals surface area contributed by atoms with Crippen LogP contribution in [0.5, 0.6) is 5.75 Å². The van der Waals surface area contributed by atoms with Crippen molar-refractivity contribution in [3.05, 3.63) is 63.7 Å². The van der Waals surface area contributed by atoms with Crippen LogP contribution in [-0.4, -0.2) is 34.2 Å². The third-order valence-electron chi connectivity index (χ3n) is 4.99. The van der Waals surface area contributed by atoms with E-state index in [4.69, 9.17) is 4.74 Å². The summed E-state index contributed by atoms with van der Waals surface area (Å²) in [7, 11) is 0. The highest BCUT2D eigenvalue weighted by atomic mass is 16.6. The molecule has 0 saturated carbocycles. The van der Waals surface area contributed by atoms with Crippen molar-refractivity contribution in [1.82, 2.24) is 5.32 Å². The van der Waals surface area contributed by atoms with Crippen LogP contribution < -0.4 is 15.4 Å². The third-order valence-corrected chi connectivity index (χ3v) is 4.99. The van der Waals surface area contributed by atoms with Crippen molar-refractivity contribution in [3.63, 3.8) is 0 Å². The van der Waals surface area contributed by atoms with E-state index in [2.05, 4.69) is 10.6 Å². The molecule has 8 heteroatoms. The number of nitro benzene ring substituents is 1. The van der Waals surface area contributed by atoms with Crippen molar-refractivity contribution in [2.45, 2.75) is 44.9 Å². The van der Waals surface area contributed by atoms with Crippen LogP contribution in [0.1, 0.15) is 37.9 Å². The van der Waals surface area contributed by atoms with Gasteiger partial charge in [0, 0.05) is 12.5 Å². The monoisotopic (exact) mass is 399 g/mol. The number of hydrogen-bond acceptors (Lipinski definition) is 6. The summed E-state index contributed by atoms with van der Waals surface area (Å²) in [6, 6.07) is 12.2. The number of aliphatic hydroxyl groups excluding tert-OH is 1. The van der Waals surface area contributed by atoms with Gasteiger partial charge in [0.15, 0.2) is 0 Å². The minimum absolute atomic E-state index is 0.0756. The summed E-state index contributed by atoms with van der Waals surface area (Å²) in [5.74, 6) is -0.0995. The molecule has 3 N–H and O–H groups in total. The zero-order chi connectivity index (χ0) is 21.2. The van der Waals surface area contributed by atoms with E-state index in [0.29, 0.717) is 17.9 Å². The second kappa shape index (κ2) is 8.18. The molecule has 2 aromatic carbocycles. The lowest BCUT2D eigenvalue weighted by Crippen LogP contribution is -2.52. The fraction of sp³-hybridized carbons (Fsp3) is 0.381. The van der Waals surface area contributed by atoms with E-state index >= 15 is 0 Å². The van der Waals surface area contributed by atoms with Crippen LogP contribution in [-0.2, 0) is 11.2 Å². The van der Waals surface area contributed by atoms with Crippen molar-refractivity contribution in [3.8, 4) is 5.75 Å². The molecule has 1 aliphatic heterocycles. The highest BCUT2D eigenvalue weighted by Gasteiger charge is 2.43. The molecule has 0 fully saturated rings. The quantitative estimate of drug-likeness (QED) is 0.508. The number of rotatable bonds is 6. The number of hydrogen-bond donors (Lipinski definition) is 3. The molecule has 0 unspecified atom stereocenters. The first-order valence-corrected chi connectivity index (χ1v) is 9.43. The van der Waals surface area contributed by atoms with E-state index in [9.17, 15) is 20.0 Å². The number of nitrogens with zero attached hydrogens (tertiary/aromatic N) is 1. The Hall–Kier alpha value is -2.97. The maximum atomic E-state index is 11.5. The first-order chi connectivity index (χ1) is 13.7. The van der Waals surface area contributed by atoms with Crippen molar-refractivity contribution in [1.29, 1.82) is 0 Å². The molecular weight excluding hydrogens is 374 g/mol. The van der Waals surface area contributed by atoms with Crippen molar-refractivity contribution >= 4 is 17.3 Å². The molecule has 1 heterocycles. The van der Waals surface area contributed by atoms with Gasteiger partial charge in [-0.05, 0) is 38.4 Å². The molecule has 29 heavy (non-hydrogen) atoms. The maximum absolute atomic E-state index is 11.5. The van der Waals surface area contributed by atoms with Gasteiger partial charge in [-0.3, -0.25) is 14.9 Å². The Morgan fingerprint density at radius 3 is 2.59 bits per heavy atom. The molecule has 154 valence electrons. The minimum atomic E-state index is -0.944. The van der Waals surface area contributed by atoms with Crippen molar-refractivity contribution in [2.24, 2.45) is 0 Å². The lowest BCUT2D eigenvalue weighted by molar-refractivity contribution is -0.384. The van der Waals surface area contributed by atoms with E-state index in [0.717, 1.165) is 12.0 Å². The number of carbonyl (C=O) groups is 1. The van der Waals surface area contributed by atoms with Gasteiger partial charge in [-0.15, -0.1) is 0 Å². The van der Waals surface area contributed by atoms with Gasteiger partial charge in [-0.2, -0.15) is 0 Å². The minimum Gasteiger partial charge on any atom is -0.484 e. The molecule has 2 aromatic rings. The predicted molar refractivity (Wildman–Crippen MR) is 109 cm³/mol. The average molecular weight is 399 g/mol. The predicted octanol–water partition coefficient (Wildman–Crippen LogP) is 2.96. The zero-order valence-corrected chi connectivity index (χ0v) is 16.6. The van der Waals surface area contributed by atoms with E-state index < -0.39 is 28.6 Å². The number of amides is 1. The number of anilines is 1. The van der Waals surface area contributed by atoms with Crippen LogP contribution in [0.3, 0.4) is 0 Å². The first-order valence-electron chi connectivity index (χ1n) is 9.43. The first kappa shape index (κ1) is 20.8. The molecule has 0 aromatic heterocycles. The van der Waals surface area contributed by atoms with Gasteiger partial charge in [-0.1, -0.05) is 30.3 Å². The molecule has 0 radical (unpaired) electrons. The fourth-order valence-electron chi connectivity index (χ4n) is 3.51. The Balaban J connectivity index is 1.93. The SMILES string of the molecule is CC(=O)Nc1cc2c(cc1[N+](=O)[O-])OC(C)(C)[C@H](O)[C@H]2NCCc1ccccc1. The number of carbonyl (C=O) groups excluding carboxylic acids is 1. The molecule has 0 bridgehead atoms. The standard InChI is InChI=1S/C21H25N3O5/c1-13(25)23-16-11-15-18(12-17(16)24(27)28)29-21(2,3)20(26)19(15)22-10-9-14-7-5-4-6-8-14/h4-8,11-12,19-20,22,26H,9-10H2,1-3H3,(H,23,25)/t19-,20+/m0/s1. The van der Waals surface area contributed by atoms with E-state index in [1.165, 1.54) is 19.1 Å². The lowest BCUT2D eigenvalue weighted by atomic mass is 9.86. The second-order valence-electron chi connectivity index (χ2n) is 7.66. The summed E-state index contributed by atoms with van der Waals surface area (Å²) >= 11 is 0. The van der Waals surface area contributed by atoms with Gasteiger partial charge in [0.05, 0.1) is 17.0 Å². The summed E-state index contributed by atoms with van der Waals surface area (Å²) < 4.78 is 5.87. The summed E-state index contributed by atoms with van der Waals surface area (Å²) in [6.45, 7) is 5.35. The van der Waals surface area contributed by atoms with Crippen LogP contribution in [0, 0.1) is 10.1 Å². The van der Waals surface area contributed by atoms with Crippen LogP contribution >= 0.6 is 0 Å². The molecule has 0 spiro atoms. The lowest BCUT2D eigenvalue weighted by Gasteiger charge is -2.42. The number of fused-ring (bicyclic) bond motifs is 1. The number of benzene rings is 2. The van der Waals surface area contributed by atoms with Crippen molar-refractivity contribution < 1.29 is 19.6 Å². The van der Waals surface area contributed by atoms with Crippen LogP contribution in [0.25, 0.3) is 0 Å². The van der Waals surface area contributed by atoms with Gasteiger partial charge in [0.25, 0.3) is 5.69 Å². The summed E-state index contributed by atoms with van der Waals surface area (Å²) in [5, 5.41) is 28.2. The summed E-state index contributed by atoms with van der Waals surface area (Å²) in [4.78, 5) is 22.4. The molecule has 1 aliphatic rings. The summed E-state index contributed by atoms with van der Waals surface area (Å²) in [6.07, 6.45) is -0.135. The molecule has 0 aliphatic carbocycles. The molecule has 3 rings (SSSR count). The number of nitrogens with one attached hydrogen (secondary N) is 2. The van der Waals surface area contributed by atoms with Crippen LogP contribution in [0.15, 0.2) is 42.5 Å². The fourth-order valence-corrected chi connectivity index (χ4v) is 3.51. The molecule has 2 atom stereocenters. The normalized spacial score (nSPS) is 19.7. The molecule has 8 nitrogen and oxygen atoms in total. The van der Waals surface area contributed by atoms with E-state index in [-0.39, 0.29) is 11.4 Å². The zero-order valence-electron chi connectivity index (χ0n) is 16.6. The maximum Gasteiger partial charge on any atom is 0.296 e. The van der Waals surface area contributed by atoms with Crippen LogP contribution in [0.4, 0.5) is 11.4 Å². The van der Waals surface area contributed by atoms with Crippen LogP contribution in [0.2, 0.25) is 0 Å². The second-order valence-corrected chi connectivity index (χ2v) is 7.66. The Labute approximate surface area is 169 Å². The molecule has 0 saturated heterocycles. The van der Waals surface area contributed by atoms with E-state index in [1.54, 1.807) is 13.8 Å². The Kier molecular flexibility index (Phi) is 5.86. The number of aliphatic hydroxyl groups is 1. The van der Waals surface area contributed by atoms with Gasteiger partial charge in [-0.25, -0.2) is 0 Å². The smallest absolute Gasteiger partial charge is 0.296 e. The topological polar surface area (TPSA) is 114 Å². The summed E-state index contributed by atoms with van der Waals surface area (Å²) in [5.41, 5.74) is 0.601. The van der Waals surface area contributed by atoms with Gasteiger partial charge in [0.1, 0.15) is 23.1 Å². The van der Waals surface area contributed by atoms with E-state index in [1.807, 2.05) is 30.3 Å². The number of nitro groups is 1. The molecular formula is C21H25N3O5. The Bertz CT molecular complexity index is 914. The Morgan fingerprint density at radius 1 is 1.28 bits per heavy atom. The Morgan fingerprint density at radius 2 is 1.97 bits per heavy atom. The van der Waals surface area contributed by atoms with Crippen molar-refractivity contribution in [2.75, 3.05) is 11.9 Å². The highest BCUT2D eigenvalue weighted by Crippen LogP contribution is 2.44. The number of ether oxygens (including phenoxy) is 1. The highest BCUT2D eigenvalue weighted by molar-refractivity contribution is 5.91. The van der Waals surface area contributed by atoms with Gasteiger partial charge >= 0.3 is 0 Å². The largest absolute Gasteiger partial charge is 0.484 e. The molecule has 1 amide bonds.